The van der Waals surface area contributed by atoms with Crippen LogP contribution < -0.4 is 0 Å². The number of quaternary nitrogens is 1. The Hall–Kier alpha value is 0.0395. The van der Waals surface area contributed by atoms with Crippen LogP contribution in [-0.4, -0.2) is 52.9 Å². The first-order valence-electron chi connectivity index (χ1n) is 2.99. The molecule has 10 heavy (non-hydrogen) atoms. The maximum absolute atomic E-state index is 9.97. The van der Waals surface area contributed by atoms with Crippen LogP contribution in [0.15, 0.2) is 0 Å². The summed E-state index contributed by atoms with van der Waals surface area (Å²) in [5.41, 5.74) is 0. The average molecular weight is 215 g/mol. The Kier molecular flexibility index (Phi) is 4.05. The van der Waals surface area contributed by atoms with E-state index in [9.17, 15) is 7.67 Å². The summed E-state index contributed by atoms with van der Waals surface area (Å²) in [6, 6.07) is 0. The predicted octanol–water partition coefficient (Wildman–Crippen LogP) is -0.713. The van der Waals surface area contributed by atoms with E-state index in [1.807, 2.05) is 21.1 Å². The fourth-order valence-corrected chi connectivity index (χ4v) is 0.873. The second kappa shape index (κ2) is 4.03. The van der Waals surface area contributed by atoms with E-state index in [4.69, 9.17) is 0 Å². The third-order valence-electron chi connectivity index (χ3n) is 0.959. The topological polar surface area (TPSA) is 43.4 Å². The van der Waals surface area contributed by atoms with E-state index in [0.29, 0.717) is 6.61 Å². The van der Waals surface area contributed by atoms with Crippen LogP contribution in [0, 0.1) is 0 Å². The molecule has 4 nitrogen and oxygen atoms in total. The molecule has 0 aromatic rings. The Morgan fingerprint density at radius 3 is 2.10 bits per heavy atom. The van der Waals surface area contributed by atoms with Crippen molar-refractivity contribution >= 4 is 14.1 Å². The molecule has 0 aromatic heterocycles. The monoisotopic (exact) mass is 216 g/mol. The van der Waals surface area contributed by atoms with Gasteiger partial charge in [-0.3, -0.25) is 0 Å². The third-order valence-corrected chi connectivity index (χ3v) is 1.78. The van der Waals surface area contributed by atoms with Gasteiger partial charge in [-0.25, -0.2) is 0 Å². The molecule has 0 unspecified atom stereocenters. The molecule has 0 amide bonds. The van der Waals surface area contributed by atoms with Gasteiger partial charge in [0.2, 0.25) is 0 Å². The molecular formula is C5H14NO3Se+. The fraction of sp³-hybridized carbons (Fsp3) is 1.00. The molecule has 5 heteroatoms. The van der Waals surface area contributed by atoms with Crippen molar-refractivity contribution in [1.82, 2.24) is 0 Å². The van der Waals surface area contributed by atoms with E-state index >= 15 is 0 Å². The molecule has 0 bridgehead atoms. The first-order chi connectivity index (χ1) is 4.42. The van der Waals surface area contributed by atoms with Crippen LogP contribution in [0.3, 0.4) is 0 Å². The number of likely N-dealkylation sites (N-methyl/N-ethyl adjacent to an activating group) is 1. The van der Waals surface area contributed by atoms with Gasteiger partial charge in [-0.1, -0.05) is 0 Å². The van der Waals surface area contributed by atoms with Crippen molar-refractivity contribution in [2.45, 2.75) is 0 Å². The molecule has 0 rings (SSSR count). The van der Waals surface area contributed by atoms with Crippen molar-refractivity contribution in [2.75, 3.05) is 34.3 Å². The number of rotatable bonds is 4. The van der Waals surface area contributed by atoms with Gasteiger partial charge in [0.05, 0.1) is 0 Å². The van der Waals surface area contributed by atoms with E-state index in [0.717, 1.165) is 11.0 Å². The Morgan fingerprint density at radius 1 is 1.30 bits per heavy atom. The Bertz CT molecular complexity index is 151. The zero-order valence-electron chi connectivity index (χ0n) is 6.53. The van der Waals surface area contributed by atoms with Crippen LogP contribution >= 0.6 is 0 Å². The summed E-state index contributed by atoms with van der Waals surface area (Å²) in [7, 11) is 5.95. The van der Waals surface area contributed by atoms with Gasteiger partial charge in [0.25, 0.3) is 0 Å². The summed E-state index contributed by atoms with van der Waals surface area (Å²) in [5, 5.41) is 0. The minimum absolute atomic E-state index is 0.302. The van der Waals surface area contributed by atoms with E-state index in [1.165, 1.54) is 0 Å². The molecule has 0 heterocycles. The van der Waals surface area contributed by atoms with Gasteiger partial charge in [-0.05, 0) is 0 Å². The first kappa shape index (κ1) is 10.0. The quantitative estimate of drug-likeness (QED) is 0.459. The zero-order valence-corrected chi connectivity index (χ0v) is 8.41. The average Bonchev–Trinajstić information content (AvgIpc) is 1.59. The Balaban J connectivity index is 3.38. The summed E-state index contributed by atoms with van der Waals surface area (Å²) in [5.74, 6) is 0. The molecule has 0 saturated carbocycles. The van der Waals surface area contributed by atoms with Crippen LogP contribution in [0.2, 0.25) is 0 Å². The van der Waals surface area contributed by atoms with Gasteiger partial charge in [-0.15, -0.1) is 0 Å². The van der Waals surface area contributed by atoms with Crippen molar-refractivity contribution in [3.63, 3.8) is 0 Å². The number of hydrogen-bond acceptors (Lipinski definition) is 3. The second-order valence-electron chi connectivity index (χ2n) is 3.07. The number of hydrogen-bond donors (Lipinski definition) is 0. The van der Waals surface area contributed by atoms with Gasteiger partial charge in [0, 0.05) is 0 Å². The van der Waals surface area contributed by atoms with Crippen molar-refractivity contribution in [3.05, 3.63) is 0 Å². The summed E-state index contributed by atoms with van der Waals surface area (Å²) >= 11 is -3.33. The normalized spacial score (nSPS) is 12.4. The van der Waals surface area contributed by atoms with E-state index in [-0.39, 0.29) is 0 Å². The molecule has 0 N–H and O–H groups in total. The van der Waals surface area contributed by atoms with Gasteiger partial charge < -0.3 is 0 Å². The molecule has 0 radical (unpaired) electrons. The van der Waals surface area contributed by atoms with Crippen LogP contribution in [0.1, 0.15) is 0 Å². The van der Waals surface area contributed by atoms with E-state index in [1.54, 1.807) is 0 Å². The standard InChI is InChI=1S/C5H14NO3Se/c1-6(2,3)4-5-9-10(7)8/h10H,4-5H2,1-3H3/q+1. The molecular weight excluding hydrogens is 201 g/mol. The molecule has 0 fully saturated rings. The molecule has 0 aliphatic rings. The molecule has 0 aromatic carbocycles. The van der Waals surface area contributed by atoms with E-state index < -0.39 is 14.1 Å². The van der Waals surface area contributed by atoms with E-state index in [2.05, 4.69) is 3.82 Å². The summed E-state index contributed by atoms with van der Waals surface area (Å²) in [6.07, 6.45) is 0. The molecule has 62 valence electrons. The third kappa shape index (κ3) is 8.04. The van der Waals surface area contributed by atoms with Crippen LogP contribution in [0.5, 0.6) is 0 Å². The Morgan fingerprint density at radius 2 is 1.80 bits per heavy atom. The zero-order chi connectivity index (χ0) is 8.20. The van der Waals surface area contributed by atoms with Gasteiger partial charge >= 0.3 is 64.4 Å². The van der Waals surface area contributed by atoms with Gasteiger partial charge in [0.15, 0.2) is 0 Å². The molecule has 0 aliphatic heterocycles. The molecule has 0 atom stereocenters. The number of nitrogens with zero attached hydrogens (tertiary/aromatic N) is 1. The molecule has 0 spiro atoms. The molecule has 0 saturated heterocycles. The van der Waals surface area contributed by atoms with Gasteiger partial charge in [0.1, 0.15) is 0 Å². The minimum atomic E-state index is -3.33. The predicted molar refractivity (Wildman–Crippen MR) is 37.4 cm³/mol. The fourth-order valence-electron chi connectivity index (χ4n) is 0.389. The van der Waals surface area contributed by atoms with Crippen LogP contribution in [-0.2, 0) is 11.5 Å². The second-order valence-corrected chi connectivity index (χ2v) is 4.55. The Labute approximate surface area is 65.0 Å². The molecule has 0 aliphatic carbocycles. The summed E-state index contributed by atoms with van der Waals surface area (Å²) < 4.78 is 25.1. The van der Waals surface area contributed by atoms with Crippen LogP contribution in [0.25, 0.3) is 0 Å². The SMILES string of the molecule is C[N+](C)(C)CCO[SeH](=O)=O. The van der Waals surface area contributed by atoms with Crippen molar-refractivity contribution in [3.8, 4) is 0 Å². The van der Waals surface area contributed by atoms with Crippen LogP contribution in [0.4, 0.5) is 0 Å². The van der Waals surface area contributed by atoms with Gasteiger partial charge in [-0.2, -0.15) is 0 Å². The summed E-state index contributed by atoms with van der Waals surface area (Å²) in [4.78, 5) is 0. The van der Waals surface area contributed by atoms with Crippen molar-refractivity contribution in [2.24, 2.45) is 0 Å². The van der Waals surface area contributed by atoms with Crippen molar-refractivity contribution < 1.29 is 16.0 Å². The first-order valence-corrected chi connectivity index (χ1v) is 5.29. The maximum atomic E-state index is 9.97. The summed E-state index contributed by atoms with van der Waals surface area (Å²) in [6.45, 7) is 1.02. The van der Waals surface area contributed by atoms with Crippen molar-refractivity contribution in [1.29, 1.82) is 0 Å².